The molecular formula is C24H25F. The highest BCUT2D eigenvalue weighted by atomic mass is 19.1. The molecule has 0 atom stereocenters. The first-order chi connectivity index (χ1) is 11.7. The van der Waals surface area contributed by atoms with E-state index in [0.29, 0.717) is 5.56 Å². The standard InChI is InChI=1S/C23H21F.CH4/c1-3-4-5-18-8-12-20(13-9-18)22-15-14-21(16-23(22)24)19-10-6-17(2)7-11-19;/h3-4,6-16H,5H2,1-2H3;1H4/b4-3+;. The molecule has 0 aliphatic rings. The lowest BCUT2D eigenvalue weighted by molar-refractivity contribution is 0.632. The van der Waals surface area contributed by atoms with Gasteiger partial charge in [-0.1, -0.05) is 85.8 Å². The van der Waals surface area contributed by atoms with E-state index >= 15 is 0 Å². The Morgan fingerprint density at radius 3 is 2.00 bits per heavy atom. The average Bonchev–Trinajstić information content (AvgIpc) is 2.61. The van der Waals surface area contributed by atoms with Crippen LogP contribution in [0.1, 0.15) is 25.5 Å². The third-order valence-corrected chi connectivity index (χ3v) is 4.21. The summed E-state index contributed by atoms with van der Waals surface area (Å²) in [4.78, 5) is 0. The predicted octanol–water partition coefficient (Wildman–Crippen LogP) is 7.22. The topological polar surface area (TPSA) is 0 Å². The Bertz CT molecular complexity index is 840. The van der Waals surface area contributed by atoms with Crippen molar-refractivity contribution in [3.05, 3.63) is 95.8 Å². The summed E-state index contributed by atoms with van der Waals surface area (Å²) in [5.41, 5.74) is 5.92. The molecule has 0 N–H and O–H groups in total. The second-order valence-electron chi connectivity index (χ2n) is 6.03. The number of benzene rings is 3. The van der Waals surface area contributed by atoms with Crippen LogP contribution in [-0.2, 0) is 6.42 Å². The summed E-state index contributed by atoms with van der Waals surface area (Å²) in [6.07, 6.45) is 5.06. The highest BCUT2D eigenvalue weighted by molar-refractivity contribution is 5.71. The number of allylic oxidation sites excluding steroid dienone is 2. The van der Waals surface area contributed by atoms with E-state index in [9.17, 15) is 4.39 Å². The first-order valence-corrected chi connectivity index (χ1v) is 8.24. The first kappa shape index (κ1) is 18.7. The van der Waals surface area contributed by atoms with Gasteiger partial charge in [0.2, 0.25) is 0 Å². The van der Waals surface area contributed by atoms with Gasteiger partial charge >= 0.3 is 0 Å². The maximum Gasteiger partial charge on any atom is 0.131 e. The second kappa shape index (κ2) is 8.43. The van der Waals surface area contributed by atoms with Crippen LogP contribution in [0.2, 0.25) is 0 Å². The van der Waals surface area contributed by atoms with Crippen molar-refractivity contribution in [2.24, 2.45) is 0 Å². The van der Waals surface area contributed by atoms with E-state index in [4.69, 9.17) is 0 Å². The highest BCUT2D eigenvalue weighted by Gasteiger charge is 2.07. The average molecular weight is 332 g/mol. The molecule has 0 nitrogen and oxygen atoms in total. The van der Waals surface area contributed by atoms with Gasteiger partial charge in [-0.25, -0.2) is 4.39 Å². The van der Waals surface area contributed by atoms with Crippen molar-refractivity contribution in [1.29, 1.82) is 0 Å². The number of hydrogen-bond acceptors (Lipinski definition) is 0. The monoisotopic (exact) mass is 332 g/mol. The summed E-state index contributed by atoms with van der Waals surface area (Å²) in [5.74, 6) is -0.186. The summed E-state index contributed by atoms with van der Waals surface area (Å²) >= 11 is 0. The quantitative estimate of drug-likeness (QED) is 0.442. The minimum atomic E-state index is -0.186. The van der Waals surface area contributed by atoms with Gasteiger partial charge in [0.25, 0.3) is 0 Å². The van der Waals surface area contributed by atoms with Crippen LogP contribution in [0.5, 0.6) is 0 Å². The number of halogens is 1. The summed E-state index contributed by atoms with van der Waals surface area (Å²) in [6, 6.07) is 21.7. The molecule has 0 saturated carbocycles. The summed E-state index contributed by atoms with van der Waals surface area (Å²) in [6.45, 7) is 4.06. The van der Waals surface area contributed by atoms with E-state index < -0.39 is 0 Å². The SMILES string of the molecule is C.C/C=C/Cc1ccc(-c2ccc(-c3ccc(C)cc3)cc2F)cc1. The Kier molecular flexibility index (Phi) is 6.30. The van der Waals surface area contributed by atoms with Gasteiger partial charge in [-0.15, -0.1) is 0 Å². The maximum atomic E-state index is 14.6. The predicted molar refractivity (Wildman–Crippen MR) is 107 cm³/mol. The van der Waals surface area contributed by atoms with E-state index in [0.717, 1.165) is 23.1 Å². The lowest BCUT2D eigenvalue weighted by Gasteiger charge is -2.08. The zero-order chi connectivity index (χ0) is 16.9. The molecule has 0 radical (unpaired) electrons. The van der Waals surface area contributed by atoms with E-state index in [1.807, 2.05) is 68.5 Å². The van der Waals surface area contributed by atoms with Gasteiger partial charge in [-0.2, -0.15) is 0 Å². The third-order valence-electron chi connectivity index (χ3n) is 4.21. The van der Waals surface area contributed by atoms with Crippen molar-refractivity contribution in [3.8, 4) is 22.3 Å². The van der Waals surface area contributed by atoms with Crippen molar-refractivity contribution in [1.82, 2.24) is 0 Å². The van der Waals surface area contributed by atoms with Gasteiger partial charge in [0, 0.05) is 5.56 Å². The Hall–Kier alpha value is -2.67. The van der Waals surface area contributed by atoms with Gasteiger partial charge in [-0.05, 0) is 48.6 Å². The van der Waals surface area contributed by atoms with E-state index in [-0.39, 0.29) is 13.2 Å². The number of rotatable bonds is 4. The molecule has 0 saturated heterocycles. The van der Waals surface area contributed by atoms with Crippen molar-refractivity contribution in [3.63, 3.8) is 0 Å². The van der Waals surface area contributed by atoms with Crippen molar-refractivity contribution in [2.45, 2.75) is 27.7 Å². The molecule has 0 heterocycles. The summed E-state index contributed by atoms with van der Waals surface area (Å²) in [5, 5.41) is 0. The van der Waals surface area contributed by atoms with Crippen LogP contribution in [0.25, 0.3) is 22.3 Å². The van der Waals surface area contributed by atoms with Crippen LogP contribution in [0.15, 0.2) is 78.9 Å². The molecular weight excluding hydrogens is 307 g/mol. The van der Waals surface area contributed by atoms with Crippen molar-refractivity contribution >= 4 is 0 Å². The fourth-order valence-corrected chi connectivity index (χ4v) is 2.75. The molecule has 1 heteroatoms. The van der Waals surface area contributed by atoms with E-state index in [2.05, 4.69) is 18.2 Å². The zero-order valence-corrected chi connectivity index (χ0v) is 14.1. The molecule has 25 heavy (non-hydrogen) atoms. The molecule has 0 unspecified atom stereocenters. The van der Waals surface area contributed by atoms with Crippen LogP contribution in [0, 0.1) is 12.7 Å². The van der Waals surface area contributed by atoms with Crippen LogP contribution in [0.4, 0.5) is 4.39 Å². The Morgan fingerprint density at radius 2 is 1.40 bits per heavy atom. The van der Waals surface area contributed by atoms with Gasteiger partial charge in [0.15, 0.2) is 0 Å². The zero-order valence-electron chi connectivity index (χ0n) is 14.1. The lowest BCUT2D eigenvalue weighted by Crippen LogP contribution is -1.88. The fourth-order valence-electron chi connectivity index (χ4n) is 2.75. The molecule has 0 fully saturated rings. The van der Waals surface area contributed by atoms with Gasteiger partial charge in [0.1, 0.15) is 5.82 Å². The smallest absolute Gasteiger partial charge is 0.131 e. The normalized spacial score (nSPS) is 10.7. The molecule has 0 aliphatic carbocycles. The largest absolute Gasteiger partial charge is 0.206 e. The molecule has 3 aromatic rings. The molecule has 0 aliphatic heterocycles. The van der Waals surface area contributed by atoms with E-state index in [1.165, 1.54) is 11.1 Å². The molecule has 3 rings (SSSR count). The van der Waals surface area contributed by atoms with Gasteiger partial charge in [0.05, 0.1) is 0 Å². The summed E-state index contributed by atoms with van der Waals surface area (Å²) in [7, 11) is 0. The van der Waals surface area contributed by atoms with Crippen molar-refractivity contribution in [2.75, 3.05) is 0 Å². The molecule has 128 valence electrons. The number of hydrogen-bond donors (Lipinski definition) is 0. The lowest BCUT2D eigenvalue weighted by atomic mass is 9.98. The van der Waals surface area contributed by atoms with Crippen LogP contribution >= 0.6 is 0 Å². The molecule has 0 bridgehead atoms. The Morgan fingerprint density at radius 1 is 0.800 bits per heavy atom. The van der Waals surface area contributed by atoms with Crippen LogP contribution in [0.3, 0.4) is 0 Å². The molecule has 0 aromatic heterocycles. The third kappa shape index (κ3) is 4.45. The minimum Gasteiger partial charge on any atom is -0.206 e. The minimum absolute atomic E-state index is 0. The second-order valence-corrected chi connectivity index (χ2v) is 6.03. The van der Waals surface area contributed by atoms with Crippen LogP contribution < -0.4 is 0 Å². The highest BCUT2D eigenvalue weighted by Crippen LogP contribution is 2.28. The fraction of sp³-hybridized carbons (Fsp3) is 0.167. The Balaban J connectivity index is 0.00000225. The molecule has 3 aromatic carbocycles. The van der Waals surface area contributed by atoms with Gasteiger partial charge in [-0.3, -0.25) is 0 Å². The Labute approximate surface area is 150 Å². The first-order valence-electron chi connectivity index (χ1n) is 8.24. The maximum absolute atomic E-state index is 14.6. The number of aryl methyl sites for hydroxylation is 1. The van der Waals surface area contributed by atoms with Crippen molar-refractivity contribution < 1.29 is 4.39 Å². The summed E-state index contributed by atoms with van der Waals surface area (Å²) < 4.78 is 14.6. The van der Waals surface area contributed by atoms with Gasteiger partial charge < -0.3 is 0 Å². The van der Waals surface area contributed by atoms with E-state index in [1.54, 1.807) is 6.07 Å². The molecule has 0 amide bonds. The van der Waals surface area contributed by atoms with Crippen LogP contribution in [-0.4, -0.2) is 0 Å². The molecule has 0 spiro atoms.